The first-order valence-electron chi connectivity index (χ1n) is 9.42. The first-order valence-corrected chi connectivity index (χ1v) is 9.42. The molecule has 2 heterocycles. The molecule has 1 saturated heterocycles. The van der Waals surface area contributed by atoms with Gasteiger partial charge >= 0.3 is 5.97 Å². The van der Waals surface area contributed by atoms with E-state index >= 15 is 0 Å². The van der Waals surface area contributed by atoms with Crippen LogP contribution in [0.4, 0.5) is 0 Å². The molecule has 1 aromatic carbocycles. The Kier molecular flexibility index (Phi) is 6.36. The molecule has 2 aromatic rings. The van der Waals surface area contributed by atoms with Crippen LogP contribution in [0.2, 0.25) is 0 Å². The molecular formula is C21H25NO6. The van der Waals surface area contributed by atoms with Crippen molar-refractivity contribution < 1.29 is 28.6 Å². The first-order chi connectivity index (χ1) is 13.5. The Bertz CT molecular complexity index is 837. The lowest BCUT2D eigenvalue weighted by Crippen LogP contribution is -2.36. The molecule has 28 heavy (non-hydrogen) atoms. The Morgan fingerprint density at radius 2 is 2.11 bits per heavy atom. The average Bonchev–Trinajstić information content (AvgIpc) is 3.37. The number of carbonyl (C=O) groups excluding carboxylic acids is 1. The van der Waals surface area contributed by atoms with Gasteiger partial charge in [0.2, 0.25) is 0 Å². The van der Waals surface area contributed by atoms with Crippen LogP contribution in [0.25, 0.3) is 0 Å². The molecule has 1 aliphatic heterocycles. The number of carboxylic acid groups (broad SMARTS) is 1. The normalized spacial score (nSPS) is 16.1. The predicted molar refractivity (Wildman–Crippen MR) is 102 cm³/mol. The Balaban J connectivity index is 1.89. The van der Waals surface area contributed by atoms with Crippen molar-refractivity contribution in [3.63, 3.8) is 0 Å². The lowest BCUT2D eigenvalue weighted by atomic mass is 10.1. The minimum absolute atomic E-state index is 0.0280. The van der Waals surface area contributed by atoms with E-state index in [4.69, 9.17) is 13.9 Å². The number of nitrogens with zero attached hydrogens (tertiary/aromatic N) is 1. The molecule has 0 bridgehead atoms. The first kappa shape index (κ1) is 19.9. The second-order valence-corrected chi connectivity index (χ2v) is 6.74. The maximum atomic E-state index is 13.2. The highest BCUT2D eigenvalue weighted by molar-refractivity contribution is 5.96. The van der Waals surface area contributed by atoms with Gasteiger partial charge in [0.05, 0.1) is 13.2 Å². The summed E-state index contributed by atoms with van der Waals surface area (Å²) in [5.41, 5.74) is 0.886. The lowest BCUT2D eigenvalue weighted by Gasteiger charge is -2.25. The predicted octanol–water partition coefficient (Wildman–Crippen LogP) is 3.37. The third-order valence-corrected chi connectivity index (χ3v) is 4.86. The van der Waals surface area contributed by atoms with Crippen LogP contribution in [-0.4, -0.2) is 48.2 Å². The van der Waals surface area contributed by atoms with Crippen LogP contribution >= 0.6 is 0 Å². The zero-order valence-corrected chi connectivity index (χ0v) is 16.1. The van der Waals surface area contributed by atoms with Gasteiger partial charge in [-0.15, -0.1) is 0 Å². The van der Waals surface area contributed by atoms with E-state index in [9.17, 15) is 14.7 Å². The summed E-state index contributed by atoms with van der Waals surface area (Å²) in [5, 5.41) is 9.34. The van der Waals surface area contributed by atoms with E-state index < -0.39 is 5.97 Å². The highest BCUT2D eigenvalue weighted by Gasteiger charge is 2.28. The molecule has 1 atom stereocenters. The molecule has 1 N–H and O–H groups in total. The summed E-state index contributed by atoms with van der Waals surface area (Å²) in [6.45, 7) is 3.19. The summed E-state index contributed by atoms with van der Waals surface area (Å²) in [6.07, 6.45) is 2.20. The van der Waals surface area contributed by atoms with E-state index in [0.29, 0.717) is 37.6 Å². The van der Waals surface area contributed by atoms with Crippen LogP contribution in [0.15, 0.2) is 34.7 Å². The van der Waals surface area contributed by atoms with E-state index in [1.165, 1.54) is 6.07 Å². The van der Waals surface area contributed by atoms with Crippen molar-refractivity contribution in [2.75, 3.05) is 20.3 Å². The van der Waals surface area contributed by atoms with Crippen LogP contribution in [0.1, 0.15) is 52.0 Å². The summed E-state index contributed by atoms with van der Waals surface area (Å²) in [7, 11) is 1.59. The van der Waals surface area contributed by atoms with Crippen molar-refractivity contribution in [2.24, 2.45) is 0 Å². The molecule has 150 valence electrons. The lowest BCUT2D eigenvalue weighted by molar-refractivity contribution is 0.0481. The molecule has 1 amide bonds. The summed E-state index contributed by atoms with van der Waals surface area (Å²) < 4.78 is 16.7. The number of hydrogen-bond donors (Lipinski definition) is 1. The number of methoxy groups -OCH3 is 1. The topological polar surface area (TPSA) is 89.2 Å². The van der Waals surface area contributed by atoms with Gasteiger partial charge in [-0.1, -0.05) is 25.1 Å². The molecule has 0 spiro atoms. The molecule has 7 nitrogen and oxygen atoms in total. The smallest absolute Gasteiger partial charge is 0.339 e. The van der Waals surface area contributed by atoms with Gasteiger partial charge in [-0.2, -0.15) is 0 Å². The second-order valence-electron chi connectivity index (χ2n) is 6.74. The van der Waals surface area contributed by atoms with E-state index in [2.05, 4.69) is 0 Å². The fourth-order valence-electron chi connectivity index (χ4n) is 3.43. The van der Waals surface area contributed by atoms with Gasteiger partial charge in [-0.25, -0.2) is 4.79 Å². The fraction of sp³-hybridized carbons (Fsp3) is 0.429. The molecule has 1 unspecified atom stereocenters. The van der Waals surface area contributed by atoms with Crippen molar-refractivity contribution in [1.29, 1.82) is 0 Å². The van der Waals surface area contributed by atoms with E-state index in [0.717, 1.165) is 18.4 Å². The van der Waals surface area contributed by atoms with Gasteiger partial charge in [0.25, 0.3) is 5.91 Å². The van der Waals surface area contributed by atoms with Crippen LogP contribution in [0, 0.1) is 0 Å². The van der Waals surface area contributed by atoms with Gasteiger partial charge in [-0.05, 0) is 18.9 Å². The number of para-hydroxylation sites is 1. The van der Waals surface area contributed by atoms with E-state index in [1.54, 1.807) is 18.9 Å². The Morgan fingerprint density at radius 1 is 1.32 bits per heavy atom. The van der Waals surface area contributed by atoms with Crippen molar-refractivity contribution in [3.8, 4) is 5.75 Å². The number of aromatic carboxylic acids is 1. The average molecular weight is 387 g/mol. The van der Waals surface area contributed by atoms with Gasteiger partial charge in [0.1, 0.15) is 17.1 Å². The van der Waals surface area contributed by atoms with Crippen LogP contribution in [-0.2, 0) is 17.7 Å². The Labute approximate surface area is 163 Å². The summed E-state index contributed by atoms with van der Waals surface area (Å²) >= 11 is 0. The SMILES string of the molecule is CCc1oc(C(=O)N(Cc2ccccc2OC)CC2CCCO2)cc1C(=O)O. The molecular weight excluding hydrogens is 362 g/mol. The Morgan fingerprint density at radius 3 is 2.71 bits per heavy atom. The quantitative estimate of drug-likeness (QED) is 0.747. The molecule has 0 saturated carbocycles. The third-order valence-electron chi connectivity index (χ3n) is 4.86. The van der Waals surface area contributed by atoms with Crippen molar-refractivity contribution in [2.45, 2.75) is 38.8 Å². The molecule has 0 aliphatic carbocycles. The number of carbonyl (C=O) groups is 2. The number of aryl methyl sites for hydroxylation is 1. The summed E-state index contributed by atoms with van der Waals surface area (Å²) in [6, 6.07) is 8.81. The second kappa shape index (κ2) is 8.93. The highest BCUT2D eigenvalue weighted by atomic mass is 16.5. The number of rotatable bonds is 8. The van der Waals surface area contributed by atoms with Gasteiger partial charge in [-0.3, -0.25) is 4.79 Å². The molecule has 1 fully saturated rings. The summed E-state index contributed by atoms with van der Waals surface area (Å²) in [5.74, 6) is -0.446. The number of carboxylic acids is 1. The Hall–Kier alpha value is -2.80. The standard InChI is InChI=1S/C21H25NO6/c1-3-17-16(21(24)25)11-19(28-17)20(23)22(13-15-8-6-10-27-15)12-14-7-4-5-9-18(14)26-2/h4-5,7,9,11,15H,3,6,8,10,12-13H2,1-2H3,(H,24,25). The number of benzene rings is 1. The zero-order valence-electron chi connectivity index (χ0n) is 16.1. The summed E-state index contributed by atoms with van der Waals surface area (Å²) in [4.78, 5) is 26.2. The van der Waals surface area contributed by atoms with Crippen LogP contribution in [0.5, 0.6) is 5.75 Å². The number of furan rings is 1. The van der Waals surface area contributed by atoms with Gasteiger partial charge < -0.3 is 23.9 Å². The number of hydrogen-bond acceptors (Lipinski definition) is 5. The number of ether oxygens (including phenoxy) is 2. The van der Waals surface area contributed by atoms with E-state index in [-0.39, 0.29) is 23.3 Å². The van der Waals surface area contributed by atoms with Crippen molar-refractivity contribution in [1.82, 2.24) is 4.90 Å². The molecule has 0 radical (unpaired) electrons. The minimum atomic E-state index is -1.10. The molecule has 1 aromatic heterocycles. The molecule has 1 aliphatic rings. The fourth-order valence-corrected chi connectivity index (χ4v) is 3.43. The molecule has 7 heteroatoms. The van der Waals surface area contributed by atoms with Gasteiger partial charge in [0, 0.05) is 37.7 Å². The minimum Gasteiger partial charge on any atom is -0.496 e. The van der Waals surface area contributed by atoms with E-state index in [1.807, 2.05) is 24.3 Å². The van der Waals surface area contributed by atoms with Crippen molar-refractivity contribution in [3.05, 3.63) is 53.0 Å². The monoisotopic (exact) mass is 387 g/mol. The number of amides is 1. The van der Waals surface area contributed by atoms with Crippen LogP contribution in [0.3, 0.4) is 0 Å². The largest absolute Gasteiger partial charge is 0.496 e. The zero-order chi connectivity index (χ0) is 20.1. The maximum Gasteiger partial charge on any atom is 0.339 e. The van der Waals surface area contributed by atoms with Crippen molar-refractivity contribution >= 4 is 11.9 Å². The highest BCUT2D eigenvalue weighted by Crippen LogP contribution is 2.24. The van der Waals surface area contributed by atoms with Crippen LogP contribution < -0.4 is 4.74 Å². The third kappa shape index (κ3) is 4.36. The maximum absolute atomic E-state index is 13.2. The van der Waals surface area contributed by atoms with Gasteiger partial charge in [0.15, 0.2) is 5.76 Å². The molecule has 3 rings (SSSR count).